The maximum atomic E-state index is 5.74. The molecule has 0 aliphatic carbocycles. The van der Waals surface area contributed by atoms with E-state index in [-0.39, 0.29) is 0 Å². The third kappa shape index (κ3) is 1.87. The Balaban J connectivity index is 2.38. The molecule has 15 heavy (non-hydrogen) atoms. The minimum atomic E-state index is 0.755. The molecule has 0 spiro atoms. The molecule has 0 atom stereocenters. The minimum Gasteiger partial charge on any atom is -0.487 e. The second-order valence-electron chi connectivity index (χ2n) is 3.60. The molecular formula is C12H18N2O. The van der Waals surface area contributed by atoms with E-state index < -0.39 is 0 Å². The normalized spacial score (nSPS) is 13.7. The van der Waals surface area contributed by atoms with Crippen LogP contribution in [0.25, 0.3) is 0 Å². The molecule has 1 N–H and O–H groups in total. The van der Waals surface area contributed by atoms with Gasteiger partial charge >= 0.3 is 0 Å². The van der Waals surface area contributed by atoms with Crippen molar-refractivity contribution in [3.8, 4) is 5.75 Å². The smallest absolute Gasteiger partial charge is 0.165 e. The predicted molar refractivity (Wildman–Crippen MR) is 64.0 cm³/mol. The number of rotatable bonds is 3. The monoisotopic (exact) mass is 206 g/mol. The molecule has 0 bridgehead atoms. The summed E-state index contributed by atoms with van der Waals surface area (Å²) in [7, 11) is 0. The molecule has 3 heteroatoms. The maximum absolute atomic E-state index is 5.74. The van der Waals surface area contributed by atoms with Gasteiger partial charge in [-0.15, -0.1) is 0 Å². The van der Waals surface area contributed by atoms with Gasteiger partial charge in [-0.2, -0.15) is 0 Å². The first-order valence-corrected chi connectivity index (χ1v) is 5.61. The van der Waals surface area contributed by atoms with E-state index in [4.69, 9.17) is 4.74 Å². The summed E-state index contributed by atoms with van der Waals surface area (Å²) in [5.41, 5.74) is 2.32. The van der Waals surface area contributed by atoms with Crippen LogP contribution in [0.3, 0.4) is 0 Å². The molecule has 0 unspecified atom stereocenters. The van der Waals surface area contributed by atoms with E-state index in [1.54, 1.807) is 0 Å². The Morgan fingerprint density at radius 1 is 1.33 bits per heavy atom. The quantitative estimate of drug-likeness (QED) is 0.821. The van der Waals surface area contributed by atoms with Crippen molar-refractivity contribution in [1.29, 1.82) is 0 Å². The van der Waals surface area contributed by atoms with Crippen LogP contribution in [0.2, 0.25) is 0 Å². The van der Waals surface area contributed by atoms with Crippen molar-refractivity contribution in [1.82, 2.24) is 0 Å². The first-order valence-electron chi connectivity index (χ1n) is 5.61. The van der Waals surface area contributed by atoms with Crippen LogP contribution in [0.5, 0.6) is 5.75 Å². The van der Waals surface area contributed by atoms with Crippen molar-refractivity contribution in [3.05, 3.63) is 18.2 Å². The zero-order valence-electron chi connectivity index (χ0n) is 9.42. The summed E-state index contributed by atoms with van der Waals surface area (Å²) >= 11 is 0. The zero-order chi connectivity index (χ0) is 10.7. The summed E-state index contributed by atoms with van der Waals surface area (Å²) in [6.45, 7) is 8.00. The Labute approximate surface area is 91.0 Å². The minimum absolute atomic E-state index is 0.755. The fourth-order valence-corrected chi connectivity index (χ4v) is 1.97. The summed E-state index contributed by atoms with van der Waals surface area (Å²) in [6, 6.07) is 6.27. The summed E-state index contributed by atoms with van der Waals surface area (Å²) in [5, 5.41) is 3.35. The SMILES string of the molecule is CCN(CC)c1cccc2c1OCCN2. The van der Waals surface area contributed by atoms with Gasteiger partial charge in [0.15, 0.2) is 5.75 Å². The van der Waals surface area contributed by atoms with E-state index in [0.717, 1.165) is 37.7 Å². The molecule has 1 heterocycles. The molecule has 1 aliphatic rings. The highest BCUT2D eigenvalue weighted by Crippen LogP contribution is 2.37. The van der Waals surface area contributed by atoms with E-state index in [9.17, 15) is 0 Å². The van der Waals surface area contributed by atoms with Gasteiger partial charge in [0.1, 0.15) is 6.61 Å². The highest BCUT2D eigenvalue weighted by molar-refractivity contribution is 5.72. The molecular weight excluding hydrogens is 188 g/mol. The first-order chi connectivity index (χ1) is 7.36. The third-order valence-corrected chi connectivity index (χ3v) is 2.76. The topological polar surface area (TPSA) is 24.5 Å². The molecule has 0 saturated carbocycles. The van der Waals surface area contributed by atoms with Gasteiger partial charge in [0.05, 0.1) is 11.4 Å². The lowest BCUT2D eigenvalue weighted by Crippen LogP contribution is -2.25. The molecule has 1 aromatic carbocycles. The highest BCUT2D eigenvalue weighted by atomic mass is 16.5. The number of anilines is 2. The number of para-hydroxylation sites is 1. The standard InChI is InChI=1S/C12H18N2O/c1-3-14(4-2)11-7-5-6-10-12(11)15-9-8-13-10/h5-7,13H,3-4,8-9H2,1-2H3. The molecule has 82 valence electrons. The number of benzene rings is 1. The summed E-state index contributed by atoms with van der Waals surface area (Å²) in [4.78, 5) is 2.31. The van der Waals surface area contributed by atoms with Crippen LogP contribution in [0.1, 0.15) is 13.8 Å². The van der Waals surface area contributed by atoms with Crippen molar-refractivity contribution >= 4 is 11.4 Å². The maximum Gasteiger partial charge on any atom is 0.165 e. The van der Waals surface area contributed by atoms with Crippen LogP contribution in [-0.4, -0.2) is 26.2 Å². The van der Waals surface area contributed by atoms with Gasteiger partial charge in [0.2, 0.25) is 0 Å². The van der Waals surface area contributed by atoms with E-state index in [1.807, 2.05) is 0 Å². The molecule has 1 aromatic rings. The Morgan fingerprint density at radius 3 is 2.87 bits per heavy atom. The number of nitrogens with zero attached hydrogens (tertiary/aromatic N) is 1. The molecule has 3 nitrogen and oxygen atoms in total. The molecule has 0 radical (unpaired) electrons. The third-order valence-electron chi connectivity index (χ3n) is 2.76. The second-order valence-corrected chi connectivity index (χ2v) is 3.60. The lowest BCUT2D eigenvalue weighted by Gasteiger charge is -2.28. The molecule has 0 saturated heterocycles. The Morgan fingerprint density at radius 2 is 2.13 bits per heavy atom. The molecule has 0 aromatic heterocycles. The van der Waals surface area contributed by atoms with Crippen molar-refractivity contribution in [2.24, 2.45) is 0 Å². The van der Waals surface area contributed by atoms with E-state index in [1.165, 1.54) is 5.69 Å². The predicted octanol–water partition coefficient (Wildman–Crippen LogP) is 2.34. The van der Waals surface area contributed by atoms with Crippen LogP contribution >= 0.6 is 0 Å². The first kappa shape index (κ1) is 10.1. The summed E-state index contributed by atoms with van der Waals surface area (Å²) in [6.07, 6.45) is 0. The van der Waals surface area contributed by atoms with E-state index in [0.29, 0.717) is 0 Å². The number of hydrogen-bond acceptors (Lipinski definition) is 3. The Hall–Kier alpha value is -1.38. The van der Waals surface area contributed by atoms with Crippen molar-refractivity contribution < 1.29 is 4.74 Å². The number of hydrogen-bond donors (Lipinski definition) is 1. The van der Waals surface area contributed by atoms with Gasteiger partial charge in [-0.05, 0) is 26.0 Å². The number of fused-ring (bicyclic) bond motifs is 1. The van der Waals surface area contributed by atoms with Crippen LogP contribution < -0.4 is 15.0 Å². The molecule has 1 aliphatic heterocycles. The Bertz CT molecular complexity index is 334. The van der Waals surface area contributed by atoms with Crippen LogP contribution in [0.15, 0.2) is 18.2 Å². The van der Waals surface area contributed by atoms with Crippen molar-refractivity contribution in [3.63, 3.8) is 0 Å². The van der Waals surface area contributed by atoms with Gasteiger partial charge < -0.3 is 15.0 Å². The summed E-state index contributed by atoms with van der Waals surface area (Å²) in [5.74, 6) is 1.01. The van der Waals surface area contributed by atoms with Gasteiger partial charge in [0, 0.05) is 19.6 Å². The average Bonchev–Trinajstić information content (AvgIpc) is 2.31. The fourth-order valence-electron chi connectivity index (χ4n) is 1.97. The van der Waals surface area contributed by atoms with Crippen LogP contribution in [-0.2, 0) is 0 Å². The van der Waals surface area contributed by atoms with Gasteiger partial charge in [-0.3, -0.25) is 0 Å². The number of nitrogens with one attached hydrogen (secondary N) is 1. The molecule has 0 amide bonds. The number of ether oxygens (including phenoxy) is 1. The lowest BCUT2D eigenvalue weighted by atomic mass is 10.2. The van der Waals surface area contributed by atoms with Gasteiger partial charge in [-0.1, -0.05) is 6.07 Å². The highest BCUT2D eigenvalue weighted by Gasteiger charge is 2.16. The fraction of sp³-hybridized carbons (Fsp3) is 0.500. The summed E-state index contributed by atoms with van der Waals surface area (Å²) < 4.78 is 5.74. The Kier molecular flexibility index (Phi) is 2.99. The molecule has 2 rings (SSSR count). The van der Waals surface area contributed by atoms with E-state index >= 15 is 0 Å². The lowest BCUT2D eigenvalue weighted by molar-refractivity contribution is 0.323. The molecule has 0 fully saturated rings. The zero-order valence-corrected chi connectivity index (χ0v) is 9.42. The average molecular weight is 206 g/mol. The van der Waals surface area contributed by atoms with Crippen LogP contribution in [0, 0.1) is 0 Å². The van der Waals surface area contributed by atoms with Crippen molar-refractivity contribution in [2.45, 2.75) is 13.8 Å². The largest absolute Gasteiger partial charge is 0.487 e. The van der Waals surface area contributed by atoms with Gasteiger partial charge in [0.25, 0.3) is 0 Å². The second kappa shape index (κ2) is 4.43. The van der Waals surface area contributed by atoms with Crippen molar-refractivity contribution in [2.75, 3.05) is 36.5 Å². The van der Waals surface area contributed by atoms with E-state index in [2.05, 4.69) is 42.3 Å². The van der Waals surface area contributed by atoms with Crippen LogP contribution in [0.4, 0.5) is 11.4 Å². The van der Waals surface area contributed by atoms with Gasteiger partial charge in [-0.25, -0.2) is 0 Å².